The highest BCUT2D eigenvalue weighted by atomic mass is 79.9. The van der Waals surface area contributed by atoms with Crippen LogP contribution in [0.5, 0.6) is 5.75 Å². The second kappa shape index (κ2) is 5.23. The van der Waals surface area contributed by atoms with Gasteiger partial charge in [-0.1, -0.05) is 0 Å². The average molecular weight is 390 g/mol. The topological polar surface area (TPSA) is 77.5 Å². The number of sulfone groups is 1. The van der Waals surface area contributed by atoms with E-state index in [1.165, 1.54) is 18.2 Å². The molecule has 0 aromatic heterocycles. The predicted molar refractivity (Wildman–Crippen MR) is 74.9 cm³/mol. The van der Waals surface area contributed by atoms with Gasteiger partial charge in [-0.2, -0.15) is 0 Å². The number of halogens is 2. The molecule has 1 heterocycles. The van der Waals surface area contributed by atoms with E-state index >= 15 is 0 Å². The number of hydrogen-bond donors (Lipinski definition) is 0. The van der Waals surface area contributed by atoms with Gasteiger partial charge in [0.1, 0.15) is 11.9 Å². The van der Waals surface area contributed by atoms with E-state index in [1.54, 1.807) is 0 Å². The summed E-state index contributed by atoms with van der Waals surface area (Å²) >= 11 is 3.18. The van der Waals surface area contributed by atoms with Gasteiger partial charge in [-0.3, -0.25) is 0 Å². The van der Waals surface area contributed by atoms with Crippen molar-refractivity contribution in [3.63, 3.8) is 0 Å². The summed E-state index contributed by atoms with van der Waals surface area (Å²) in [5, 5.41) is 0. The second-order valence-corrected chi connectivity index (χ2v) is 9.82. The highest BCUT2D eigenvalue weighted by Gasteiger charge is 2.29. The molecule has 0 aliphatic carbocycles. The zero-order valence-corrected chi connectivity index (χ0v) is 13.5. The van der Waals surface area contributed by atoms with Crippen LogP contribution in [0.1, 0.15) is 6.42 Å². The van der Waals surface area contributed by atoms with Crippen molar-refractivity contribution >= 4 is 45.5 Å². The monoisotopic (exact) mass is 388 g/mol. The lowest BCUT2D eigenvalue weighted by Gasteiger charge is -2.13. The standard InChI is InChI=1S/C10H10BrClO5S2/c11-9-5-8(19(12,15)16)1-2-10(9)17-7-3-4-18(13,14)6-7/h1-2,5,7H,3-4,6H2. The molecule has 1 aromatic rings. The highest BCUT2D eigenvalue weighted by molar-refractivity contribution is 9.10. The summed E-state index contributed by atoms with van der Waals surface area (Å²) in [7, 11) is -1.59. The lowest BCUT2D eigenvalue weighted by Crippen LogP contribution is -2.17. The van der Waals surface area contributed by atoms with Crippen LogP contribution < -0.4 is 4.74 Å². The van der Waals surface area contributed by atoms with Crippen LogP contribution in [-0.4, -0.2) is 34.4 Å². The van der Waals surface area contributed by atoms with E-state index in [1.807, 2.05) is 0 Å². The van der Waals surface area contributed by atoms with Crippen molar-refractivity contribution in [3.8, 4) is 5.75 Å². The summed E-state index contributed by atoms with van der Waals surface area (Å²) in [4.78, 5) is -0.0487. The molecule has 1 aliphatic heterocycles. The van der Waals surface area contributed by atoms with Crippen LogP contribution in [0.15, 0.2) is 27.6 Å². The Hall–Kier alpha value is -0.310. The van der Waals surface area contributed by atoms with Crippen LogP contribution in [0.2, 0.25) is 0 Å². The normalized spacial score (nSPS) is 22.3. The molecule has 1 aromatic carbocycles. The Morgan fingerprint density at radius 2 is 2.05 bits per heavy atom. The molecule has 0 bridgehead atoms. The number of hydrogen-bond acceptors (Lipinski definition) is 5. The number of benzene rings is 1. The Morgan fingerprint density at radius 3 is 2.53 bits per heavy atom. The summed E-state index contributed by atoms with van der Waals surface area (Å²) in [6.45, 7) is 0. The van der Waals surface area contributed by atoms with E-state index in [0.717, 1.165) is 0 Å². The van der Waals surface area contributed by atoms with E-state index in [4.69, 9.17) is 15.4 Å². The fourth-order valence-electron chi connectivity index (χ4n) is 1.76. The van der Waals surface area contributed by atoms with Gasteiger partial charge in [0.25, 0.3) is 9.05 Å². The summed E-state index contributed by atoms with van der Waals surface area (Å²) in [5.41, 5.74) is 0. The molecule has 1 atom stereocenters. The first-order valence-corrected chi connectivity index (χ1v) is 10.2. The first-order chi connectivity index (χ1) is 8.67. The maximum atomic E-state index is 11.3. The first-order valence-electron chi connectivity index (χ1n) is 5.29. The van der Waals surface area contributed by atoms with Crippen LogP contribution in [0, 0.1) is 0 Å². The molecule has 0 radical (unpaired) electrons. The van der Waals surface area contributed by atoms with E-state index in [9.17, 15) is 16.8 Å². The molecule has 0 N–H and O–H groups in total. The summed E-state index contributed by atoms with van der Waals surface area (Å²) in [5.74, 6) is 0.490. The van der Waals surface area contributed by atoms with Crippen molar-refractivity contribution in [3.05, 3.63) is 22.7 Å². The minimum absolute atomic E-state index is 0.0189. The molecule has 5 nitrogen and oxygen atoms in total. The first kappa shape index (κ1) is 15.1. The van der Waals surface area contributed by atoms with Crippen molar-refractivity contribution in [1.82, 2.24) is 0 Å². The Kier molecular flexibility index (Phi) is 4.15. The quantitative estimate of drug-likeness (QED) is 0.738. The maximum absolute atomic E-state index is 11.3. The molecule has 9 heteroatoms. The van der Waals surface area contributed by atoms with E-state index in [2.05, 4.69) is 15.9 Å². The van der Waals surface area contributed by atoms with Gasteiger partial charge < -0.3 is 4.74 Å². The Labute approximate surface area is 124 Å². The van der Waals surface area contributed by atoms with Gasteiger partial charge in [-0.05, 0) is 40.5 Å². The van der Waals surface area contributed by atoms with E-state index < -0.39 is 25.0 Å². The van der Waals surface area contributed by atoms with Crippen LogP contribution >= 0.6 is 26.6 Å². The van der Waals surface area contributed by atoms with Gasteiger partial charge in [0.05, 0.1) is 20.9 Å². The molecular formula is C10H10BrClO5S2. The maximum Gasteiger partial charge on any atom is 0.261 e. The third-order valence-corrected chi connectivity index (χ3v) is 6.38. The number of rotatable bonds is 3. The molecular weight excluding hydrogens is 380 g/mol. The lowest BCUT2D eigenvalue weighted by molar-refractivity contribution is 0.227. The lowest BCUT2D eigenvalue weighted by atomic mass is 10.3. The smallest absolute Gasteiger partial charge is 0.261 e. The highest BCUT2D eigenvalue weighted by Crippen LogP contribution is 2.31. The predicted octanol–water partition coefficient (Wildman–Crippen LogP) is 1.94. The zero-order valence-electron chi connectivity index (χ0n) is 9.54. The van der Waals surface area contributed by atoms with Crippen molar-refractivity contribution in [2.45, 2.75) is 17.4 Å². The molecule has 1 saturated heterocycles. The van der Waals surface area contributed by atoms with Crippen LogP contribution in [0.25, 0.3) is 0 Å². The van der Waals surface area contributed by atoms with E-state index in [-0.39, 0.29) is 16.4 Å². The largest absolute Gasteiger partial charge is 0.488 e. The Morgan fingerprint density at radius 1 is 1.37 bits per heavy atom. The molecule has 1 aliphatic rings. The van der Waals surface area contributed by atoms with Crippen molar-refractivity contribution in [2.75, 3.05) is 11.5 Å². The third kappa shape index (κ3) is 3.84. The molecule has 0 amide bonds. The second-order valence-electron chi connectivity index (χ2n) is 4.17. The van der Waals surface area contributed by atoms with Gasteiger partial charge in [0.15, 0.2) is 9.84 Å². The van der Waals surface area contributed by atoms with E-state index in [0.29, 0.717) is 16.6 Å². The van der Waals surface area contributed by atoms with Crippen molar-refractivity contribution in [1.29, 1.82) is 0 Å². The average Bonchev–Trinajstić information content (AvgIpc) is 2.59. The molecule has 19 heavy (non-hydrogen) atoms. The van der Waals surface area contributed by atoms with Crippen LogP contribution in [0.4, 0.5) is 0 Å². The molecule has 2 rings (SSSR count). The van der Waals surface area contributed by atoms with Crippen LogP contribution in [0.3, 0.4) is 0 Å². The van der Waals surface area contributed by atoms with Gasteiger partial charge >= 0.3 is 0 Å². The summed E-state index contributed by atoms with van der Waals surface area (Å²) < 4.78 is 50.9. The molecule has 1 unspecified atom stereocenters. The SMILES string of the molecule is O=S1(=O)CCC(Oc2ccc(S(=O)(=O)Cl)cc2Br)C1. The number of ether oxygens (including phenoxy) is 1. The minimum atomic E-state index is -3.80. The minimum Gasteiger partial charge on any atom is -0.488 e. The Balaban J connectivity index is 2.19. The van der Waals surface area contributed by atoms with Crippen molar-refractivity contribution in [2.24, 2.45) is 0 Å². The van der Waals surface area contributed by atoms with Gasteiger partial charge in [-0.25, -0.2) is 16.8 Å². The fourth-order valence-corrected chi connectivity index (χ4v) is 4.75. The molecule has 0 saturated carbocycles. The van der Waals surface area contributed by atoms with Crippen LogP contribution in [-0.2, 0) is 18.9 Å². The summed E-state index contributed by atoms with van der Waals surface area (Å²) in [6.07, 6.45) is 0.0318. The molecule has 106 valence electrons. The Bertz CT molecular complexity index is 699. The van der Waals surface area contributed by atoms with Gasteiger partial charge in [-0.15, -0.1) is 0 Å². The summed E-state index contributed by atoms with van der Waals surface area (Å²) in [6, 6.07) is 4.08. The fraction of sp³-hybridized carbons (Fsp3) is 0.400. The molecule has 1 fully saturated rings. The third-order valence-electron chi connectivity index (χ3n) is 2.67. The zero-order chi connectivity index (χ0) is 14.3. The van der Waals surface area contributed by atoms with Gasteiger partial charge in [0.2, 0.25) is 0 Å². The van der Waals surface area contributed by atoms with Gasteiger partial charge in [0, 0.05) is 10.7 Å². The molecule has 0 spiro atoms. The van der Waals surface area contributed by atoms with Crippen molar-refractivity contribution < 1.29 is 21.6 Å².